The van der Waals surface area contributed by atoms with Crippen LogP contribution in [0.5, 0.6) is 0 Å². The number of aromatic nitrogens is 2. The number of halogens is 1. The molecule has 4 heteroatoms. The molecule has 2 aromatic rings. The van der Waals surface area contributed by atoms with E-state index in [1.165, 1.54) is 6.07 Å². The molecule has 12 heavy (non-hydrogen) atoms. The minimum atomic E-state index is -0.265. The van der Waals surface area contributed by atoms with Crippen molar-refractivity contribution in [2.24, 2.45) is 7.05 Å². The van der Waals surface area contributed by atoms with Crippen LogP contribution in [0.15, 0.2) is 18.2 Å². The summed E-state index contributed by atoms with van der Waals surface area (Å²) in [5.74, 6) is -0.265. The molecule has 0 aliphatic rings. The average Bonchev–Trinajstić information content (AvgIpc) is 2.32. The second-order valence-corrected chi connectivity index (χ2v) is 3.01. The van der Waals surface area contributed by atoms with Gasteiger partial charge in [-0.1, -0.05) is 6.07 Å². The maximum atomic E-state index is 13.1. The Morgan fingerprint density at radius 1 is 1.50 bits per heavy atom. The lowest BCUT2D eigenvalue weighted by molar-refractivity contribution is 0.637. The lowest BCUT2D eigenvalue weighted by Gasteiger charge is -1.93. The highest BCUT2D eigenvalue weighted by Gasteiger charge is 2.03. The van der Waals surface area contributed by atoms with Crippen molar-refractivity contribution in [3.63, 3.8) is 0 Å². The second-order valence-electron chi connectivity index (χ2n) is 2.62. The van der Waals surface area contributed by atoms with Gasteiger partial charge in [0, 0.05) is 7.05 Å². The quantitative estimate of drug-likeness (QED) is 0.620. The summed E-state index contributed by atoms with van der Waals surface area (Å²) in [6.07, 6.45) is 0. The van der Waals surface area contributed by atoms with Gasteiger partial charge in [0.05, 0.1) is 5.52 Å². The summed E-state index contributed by atoms with van der Waals surface area (Å²) in [5.41, 5.74) is 1.27. The standard InChI is InChI=1S/C8H7FN2S/c1-11-6-4-2-3-5(9)7(6)10-8(11)12/h2-4H,1H3,(H,10,12). The van der Waals surface area contributed by atoms with Crippen LogP contribution in [-0.2, 0) is 7.05 Å². The average molecular weight is 182 g/mol. The van der Waals surface area contributed by atoms with Gasteiger partial charge in [0.15, 0.2) is 4.77 Å². The van der Waals surface area contributed by atoms with Gasteiger partial charge in [-0.3, -0.25) is 0 Å². The van der Waals surface area contributed by atoms with Crippen molar-refractivity contribution in [3.05, 3.63) is 28.8 Å². The van der Waals surface area contributed by atoms with Gasteiger partial charge in [0.1, 0.15) is 11.3 Å². The Hall–Kier alpha value is -1.16. The fraction of sp³-hybridized carbons (Fsp3) is 0.125. The maximum Gasteiger partial charge on any atom is 0.177 e. The van der Waals surface area contributed by atoms with Crippen LogP contribution in [-0.4, -0.2) is 9.55 Å². The molecular weight excluding hydrogens is 175 g/mol. The second kappa shape index (κ2) is 2.42. The molecule has 0 saturated heterocycles. The van der Waals surface area contributed by atoms with Crippen LogP contribution in [0.25, 0.3) is 11.0 Å². The van der Waals surface area contributed by atoms with E-state index in [2.05, 4.69) is 4.98 Å². The fourth-order valence-electron chi connectivity index (χ4n) is 1.22. The number of nitrogens with one attached hydrogen (secondary N) is 1. The first-order chi connectivity index (χ1) is 5.70. The molecule has 1 N–H and O–H groups in total. The first-order valence-corrected chi connectivity index (χ1v) is 3.94. The molecule has 0 fully saturated rings. The summed E-state index contributed by atoms with van der Waals surface area (Å²) in [6, 6.07) is 4.90. The molecular formula is C8H7FN2S. The molecule has 2 nitrogen and oxygen atoms in total. The van der Waals surface area contributed by atoms with E-state index in [4.69, 9.17) is 12.2 Å². The third-order valence-corrected chi connectivity index (χ3v) is 2.27. The van der Waals surface area contributed by atoms with Crippen molar-refractivity contribution in [2.75, 3.05) is 0 Å². The number of aromatic amines is 1. The lowest BCUT2D eigenvalue weighted by Crippen LogP contribution is -1.85. The van der Waals surface area contributed by atoms with Gasteiger partial charge < -0.3 is 9.55 Å². The summed E-state index contributed by atoms with van der Waals surface area (Å²) < 4.78 is 15.4. The van der Waals surface area contributed by atoms with Crippen LogP contribution in [0.2, 0.25) is 0 Å². The monoisotopic (exact) mass is 182 g/mol. The summed E-state index contributed by atoms with van der Waals surface area (Å²) in [4.78, 5) is 2.80. The normalized spacial score (nSPS) is 10.8. The molecule has 0 spiro atoms. The Bertz CT molecular complexity index is 483. The molecule has 0 bridgehead atoms. The third-order valence-electron chi connectivity index (χ3n) is 1.89. The van der Waals surface area contributed by atoms with Crippen molar-refractivity contribution in [2.45, 2.75) is 0 Å². The van der Waals surface area contributed by atoms with Gasteiger partial charge >= 0.3 is 0 Å². The Kier molecular flexibility index (Phi) is 1.51. The number of aryl methyl sites for hydroxylation is 1. The van der Waals surface area contributed by atoms with Crippen LogP contribution >= 0.6 is 12.2 Å². The number of imidazole rings is 1. The molecule has 0 aliphatic carbocycles. The molecule has 1 aromatic carbocycles. The van der Waals surface area contributed by atoms with E-state index in [1.807, 2.05) is 6.07 Å². The highest BCUT2D eigenvalue weighted by atomic mass is 32.1. The number of fused-ring (bicyclic) bond motifs is 1. The Morgan fingerprint density at radius 3 is 2.92 bits per heavy atom. The van der Waals surface area contributed by atoms with E-state index in [-0.39, 0.29) is 5.82 Å². The summed E-state index contributed by atoms with van der Waals surface area (Å²) >= 11 is 4.95. The molecule has 1 aromatic heterocycles. The number of para-hydroxylation sites is 1. The van der Waals surface area contributed by atoms with Gasteiger partial charge in [0.2, 0.25) is 0 Å². The molecule has 0 saturated carbocycles. The zero-order valence-electron chi connectivity index (χ0n) is 6.47. The smallest absolute Gasteiger partial charge is 0.177 e. The zero-order chi connectivity index (χ0) is 8.72. The van der Waals surface area contributed by atoms with Gasteiger partial charge in [-0.15, -0.1) is 0 Å². The summed E-state index contributed by atoms with van der Waals surface area (Å²) in [7, 11) is 1.81. The van der Waals surface area contributed by atoms with Gasteiger partial charge in [-0.2, -0.15) is 0 Å². The van der Waals surface area contributed by atoms with E-state index < -0.39 is 0 Å². The molecule has 0 unspecified atom stereocenters. The van der Waals surface area contributed by atoms with E-state index in [1.54, 1.807) is 17.7 Å². The van der Waals surface area contributed by atoms with Crippen molar-refractivity contribution >= 4 is 23.3 Å². The van der Waals surface area contributed by atoms with Crippen LogP contribution in [0, 0.1) is 10.6 Å². The van der Waals surface area contributed by atoms with Crippen molar-refractivity contribution < 1.29 is 4.39 Å². The van der Waals surface area contributed by atoms with E-state index in [0.717, 1.165) is 5.52 Å². The Balaban J connectivity index is 3.05. The first kappa shape index (κ1) is 7.49. The highest BCUT2D eigenvalue weighted by molar-refractivity contribution is 7.71. The molecule has 1 heterocycles. The third kappa shape index (κ3) is 0.881. The van der Waals surface area contributed by atoms with Crippen molar-refractivity contribution in [1.82, 2.24) is 9.55 Å². The minimum Gasteiger partial charge on any atom is -0.328 e. The van der Waals surface area contributed by atoms with E-state index in [9.17, 15) is 4.39 Å². The topological polar surface area (TPSA) is 20.7 Å². The number of hydrogen-bond donors (Lipinski definition) is 1. The number of benzene rings is 1. The lowest BCUT2D eigenvalue weighted by atomic mass is 10.3. The van der Waals surface area contributed by atoms with Crippen LogP contribution in [0.1, 0.15) is 0 Å². The summed E-state index contributed by atoms with van der Waals surface area (Å²) in [5, 5.41) is 0. The molecule has 0 aliphatic heterocycles. The molecule has 0 amide bonds. The number of rotatable bonds is 0. The number of H-pyrrole nitrogens is 1. The van der Waals surface area contributed by atoms with Gasteiger partial charge in [-0.25, -0.2) is 4.39 Å². The van der Waals surface area contributed by atoms with E-state index >= 15 is 0 Å². The molecule has 0 radical (unpaired) electrons. The van der Waals surface area contributed by atoms with E-state index in [0.29, 0.717) is 10.3 Å². The molecule has 0 atom stereocenters. The van der Waals surface area contributed by atoms with Gasteiger partial charge in [-0.05, 0) is 24.4 Å². The fourth-order valence-corrected chi connectivity index (χ4v) is 1.42. The SMILES string of the molecule is Cn1c(=S)[nH]c2c(F)cccc21. The predicted octanol–water partition coefficient (Wildman–Crippen LogP) is 2.37. The van der Waals surface area contributed by atoms with Gasteiger partial charge in [0.25, 0.3) is 0 Å². The highest BCUT2D eigenvalue weighted by Crippen LogP contribution is 2.15. The maximum absolute atomic E-state index is 13.1. The first-order valence-electron chi connectivity index (χ1n) is 3.53. The summed E-state index contributed by atoms with van der Waals surface area (Å²) in [6.45, 7) is 0. The molecule has 62 valence electrons. The Labute approximate surface area is 73.6 Å². The zero-order valence-corrected chi connectivity index (χ0v) is 7.28. The largest absolute Gasteiger partial charge is 0.328 e. The van der Waals surface area contributed by atoms with Crippen molar-refractivity contribution in [1.29, 1.82) is 0 Å². The predicted molar refractivity (Wildman–Crippen MR) is 48.1 cm³/mol. The Morgan fingerprint density at radius 2 is 2.25 bits per heavy atom. The van der Waals surface area contributed by atoms with Crippen LogP contribution in [0.4, 0.5) is 4.39 Å². The molecule has 2 rings (SSSR count). The number of hydrogen-bond acceptors (Lipinski definition) is 1. The minimum absolute atomic E-state index is 0.265. The number of nitrogens with zero attached hydrogens (tertiary/aromatic N) is 1. The van der Waals surface area contributed by atoms with Crippen LogP contribution < -0.4 is 0 Å². The van der Waals surface area contributed by atoms with Crippen LogP contribution in [0.3, 0.4) is 0 Å². The van der Waals surface area contributed by atoms with Crippen molar-refractivity contribution in [3.8, 4) is 0 Å².